The number of ether oxygens (including phenoxy) is 1. The molecule has 0 atom stereocenters. The Morgan fingerprint density at radius 1 is 1.20 bits per heavy atom. The summed E-state index contributed by atoms with van der Waals surface area (Å²) in [6.07, 6.45) is 1.21. The zero-order valence-corrected chi connectivity index (χ0v) is 14.4. The molecule has 2 rings (SSSR count). The number of benzene rings is 1. The van der Waals surface area contributed by atoms with Gasteiger partial charge in [0.2, 0.25) is 11.6 Å². The van der Waals surface area contributed by atoms with Crippen molar-refractivity contribution in [3.8, 4) is 0 Å². The number of nitrogens with zero attached hydrogens (tertiary/aromatic N) is 3. The van der Waals surface area contributed by atoms with E-state index in [1.807, 2.05) is 20.8 Å². The van der Waals surface area contributed by atoms with Gasteiger partial charge in [0, 0.05) is 5.54 Å². The highest BCUT2D eigenvalue weighted by Crippen LogP contribution is 2.33. The van der Waals surface area contributed by atoms with Crippen LogP contribution in [0.5, 0.6) is 0 Å². The first-order chi connectivity index (χ1) is 11.7. The smallest absolute Gasteiger partial charge is 0.353 e. The number of esters is 1. The van der Waals surface area contributed by atoms with Crippen molar-refractivity contribution < 1.29 is 14.5 Å². The summed E-state index contributed by atoms with van der Waals surface area (Å²) < 4.78 is 4.72. The molecule has 0 spiro atoms. The Kier molecular flexibility index (Phi) is 5.16. The van der Waals surface area contributed by atoms with E-state index >= 15 is 0 Å². The van der Waals surface area contributed by atoms with Crippen LogP contribution in [0.3, 0.4) is 0 Å². The number of hydrogen-bond acceptors (Lipinski definition) is 8. The Balaban J connectivity index is 2.49. The van der Waals surface area contributed by atoms with Gasteiger partial charge >= 0.3 is 11.7 Å². The van der Waals surface area contributed by atoms with Gasteiger partial charge in [-0.15, -0.1) is 0 Å². The quantitative estimate of drug-likeness (QED) is 0.482. The maximum atomic E-state index is 11.9. The molecule has 9 heteroatoms. The number of nitrogens with one attached hydrogen (secondary N) is 2. The molecule has 25 heavy (non-hydrogen) atoms. The van der Waals surface area contributed by atoms with Gasteiger partial charge in [0.1, 0.15) is 6.33 Å². The molecule has 0 fully saturated rings. The molecule has 0 radical (unpaired) electrons. The third-order valence-corrected chi connectivity index (χ3v) is 3.08. The van der Waals surface area contributed by atoms with E-state index in [0.717, 1.165) is 0 Å². The van der Waals surface area contributed by atoms with Gasteiger partial charge in [-0.1, -0.05) is 12.1 Å². The van der Waals surface area contributed by atoms with Crippen LogP contribution in [0.4, 0.5) is 23.0 Å². The van der Waals surface area contributed by atoms with Crippen LogP contribution in [0.15, 0.2) is 30.6 Å². The van der Waals surface area contributed by atoms with Crippen molar-refractivity contribution in [2.45, 2.75) is 26.3 Å². The number of carbonyl (C=O) groups is 1. The van der Waals surface area contributed by atoms with Crippen molar-refractivity contribution in [3.63, 3.8) is 0 Å². The maximum absolute atomic E-state index is 11.9. The highest BCUT2D eigenvalue weighted by Gasteiger charge is 2.26. The summed E-state index contributed by atoms with van der Waals surface area (Å²) in [4.78, 5) is 30.8. The van der Waals surface area contributed by atoms with Crippen LogP contribution in [0, 0.1) is 10.1 Å². The van der Waals surface area contributed by atoms with E-state index in [9.17, 15) is 14.9 Å². The van der Waals surface area contributed by atoms with Gasteiger partial charge in [-0.3, -0.25) is 10.1 Å². The minimum atomic E-state index is -0.572. The van der Waals surface area contributed by atoms with Crippen LogP contribution < -0.4 is 10.6 Å². The Bertz CT molecular complexity index is 801. The van der Waals surface area contributed by atoms with E-state index in [2.05, 4.69) is 20.6 Å². The summed E-state index contributed by atoms with van der Waals surface area (Å²) in [7, 11) is 1.26. The first-order valence-electron chi connectivity index (χ1n) is 7.45. The van der Waals surface area contributed by atoms with E-state index in [0.29, 0.717) is 5.69 Å². The second-order valence-electron chi connectivity index (χ2n) is 6.21. The topological polar surface area (TPSA) is 119 Å². The van der Waals surface area contributed by atoms with Gasteiger partial charge in [0.15, 0.2) is 0 Å². The van der Waals surface area contributed by atoms with Crippen molar-refractivity contribution >= 4 is 29.0 Å². The van der Waals surface area contributed by atoms with Crippen molar-refractivity contribution in [2.75, 3.05) is 17.7 Å². The standard InChI is InChI=1S/C16H19N5O4/c1-16(2,3)20-14-12(21(23)24)13(17-9-18-14)19-11-8-6-5-7-10(11)15(22)25-4/h5-9H,1-4H3,(H2,17,18,19,20). The minimum Gasteiger partial charge on any atom is -0.465 e. The summed E-state index contributed by atoms with van der Waals surface area (Å²) in [6.45, 7) is 5.58. The van der Waals surface area contributed by atoms with Crippen LogP contribution in [-0.2, 0) is 4.74 Å². The molecule has 1 heterocycles. The molecule has 0 amide bonds. The Morgan fingerprint density at radius 2 is 1.84 bits per heavy atom. The number of methoxy groups -OCH3 is 1. The van der Waals surface area contributed by atoms with Crippen molar-refractivity contribution in [1.29, 1.82) is 0 Å². The van der Waals surface area contributed by atoms with Crippen LogP contribution in [0.1, 0.15) is 31.1 Å². The molecule has 9 nitrogen and oxygen atoms in total. The van der Waals surface area contributed by atoms with Crippen LogP contribution in [0.25, 0.3) is 0 Å². The Hall–Kier alpha value is -3.23. The van der Waals surface area contributed by atoms with Crippen molar-refractivity contribution in [1.82, 2.24) is 9.97 Å². The lowest BCUT2D eigenvalue weighted by atomic mass is 10.1. The Labute approximate surface area is 144 Å². The van der Waals surface area contributed by atoms with Gasteiger partial charge in [-0.05, 0) is 32.9 Å². The third-order valence-electron chi connectivity index (χ3n) is 3.08. The second-order valence-corrected chi connectivity index (χ2v) is 6.21. The summed E-state index contributed by atoms with van der Waals surface area (Å²) in [5.74, 6) is -0.499. The molecule has 2 N–H and O–H groups in total. The van der Waals surface area contributed by atoms with Crippen LogP contribution in [0.2, 0.25) is 0 Å². The maximum Gasteiger partial charge on any atom is 0.353 e. The van der Waals surface area contributed by atoms with E-state index < -0.39 is 16.4 Å². The average Bonchev–Trinajstić information content (AvgIpc) is 2.53. The highest BCUT2D eigenvalue weighted by atomic mass is 16.6. The summed E-state index contributed by atoms with van der Waals surface area (Å²) in [6, 6.07) is 6.51. The molecule has 1 aromatic carbocycles. The number of hydrogen-bond donors (Lipinski definition) is 2. The van der Waals surface area contributed by atoms with Crippen molar-refractivity contribution in [2.24, 2.45) is 0 Å². The van der Waals surface area contributed by atoms with E-state index in [1.54, 1.807) is 24.3 Å². The van der Waals surface area contributed by atoms with Gasteiger partial charge in [-0.2, -0.15) is 0 Å². The minimum absolute atomic E-state index is 0.0249. The van der Waals surface area contributed by atoms with Crippen LogP contribution in [-0.4, -0.2) is 33.5 Å². The molecular weight excluding hydrogens is 326 g/mol. The first-order valence-corrected chi connectivity index (χ1v) is 7.45. The number of anilines is 3. The summed E-state index contributed by atoms with van der Waals surface area (Å²) in [5, 5.41) is 17.4. The van der Waals surface area contributed by atoms with Gasteiger partial charge in [0.25, 0.3) is 0 Å². The van der Waals surface area contributed by atoms with E-state index in [1.165, 1.54) is 13.4 Å². The lowest BCUT2D eigenvalue weighted by Gasteiger charge is -2.21. The Morgan fingerprint density at radius 3 is 2.44 bits per heavy atom. The largest absolute Gasteiger partial charge is 0.465 e. The molecule has 132 valence electrons. The SMILES string of the molecule is COC(=O)c1ccccc1Nc1ncnc(NC(C)(C)C)c1[N+](=O)[O-]. The number of para-hydroxylation sites is 1. The first kappa shape index (κ1) is 18.1. The highest BCUT2D eigenvalue weighted by molar-refractivity contribution is 5.96. The van der Waals surface area contributed by atoms with Crippen LogP contribution >= 0.6 is 0 Å². The number of aromatic nitrogens is 2. The molecule has 0 aliphatic rings. The van der Waals surface area contributed by atoms with E-state index in [-0.39, 0.29) is 22.9 Å². The third kappa shape index (κ3) is 4.40. The predicted octanol–water partition coefficient (Wildman–Crippen LogP) is 3.13. The summed E-state index contributed by atoms with van der Waals surface area (Å²) >= 11 is 0. The molecule has 0 saturated heterocycles. The number of rotatable bonds is 5. The normalized spacial score (nSPS) is 10.9. The molecule has 0 saturated carbocycles. The fourth-order valence-corrected chi connectivity index (χ4v) is 2.10. The predicted molar refractivity (Wildman–Crippen MR) is 93.1 cm³/mol. The zero-order chi connectivity index (χ0) is 18.6. The summed E-state index contributed by atoms with van der Waals surface area (Å²) in [5.41, 5.74) is -0.154. The lowest BCUT2D eigenvalue weighted by Crippen LogP contribution is -2.27. The van der Waals surface area contributed by atoms with Crippen molar-refractivity contribution in [3.05, 3.63) is 46.3 Å². The van der Waals surface area contributed by atoms with Gasteiger partial charge in [-0.25, -0.2) is 14.8 Å². The molecule has 0 bridgehead atoms. The molecular formula is C16H19N5O4. The van der Waals surface area contributed by atoms with Gasteiger partial charge < -0.3 is 15.4 Å². The fraction of sp³-hybridized carbons (Fsp3) is 0.312. The fourth-order valence-electron chi connectivity index (χ4n) is 2.10. The molecule has 2 aromatic rings. The molecule has 0 unspecified atom stereocenters. The number of nitro groups is 1. The molecule has 1 aromatic heterocycles. The molecule has 0 aliphatic heterocycles. The molecule has 0 aliphatic carbocycles. The average molecular weight is 345 g/mol. The van der Waals surface area contributed by atoms with Gasteiger partial charge in [0.05, 0.1) is 23.3 Å². The second kappa shape index (κ2) is 7.12. The zero-order valence-electron chi connectivity index (χ0n) is 14.4. The van der Waals surface area contributed by atoms with E-state index in [4.69, 9.17) is 4.74 Å². The number of carbonyl (C=O) groups excluding carboxylic acids is 1. The monoisotopic (exact) mass is 345 g/mol. The lowest BCUT2D eigenvalue weighted by molar-refractivity contribution is -0.383.